The zero-order valence-corrected chi connectivity index (χ0v) is 15.2. The summed E-state index contributed by atoms with van der Waals surface area (Å²) in [5.74, 6) is 1.22. The molecule has 0 amide bonds. The molecule has 0 fully saturated rings. The van der Waals surface area contributed by atoms with Crippen molar-refractivity contribution in [3.8, 4) is 5.75 Å². The summed E-state index contributed by atoms with van der Waals surface area (Å²) < 4.78 is 10.8. The summed E-state index contributed by atoms with van der Waals surface area (Å²) in [6.07, 6.45) is 13.2. The molecule has 2 aliphatic heterocycles. The molecule has 0 saturated heterocycles. The van der Waals surface area contributed by atoms with E-state index in [-0.39, 0.29) is 12.0 Å². The molecule has 0 saturated carbocycles. The van der Waals surface area contributed by atoms with E-state index in [1.165, 1.54) is 23.8 Å². The molecule has 0 bridgehead atoms. The number of rotatable bonds is 2. The molecule has 0 N–H and O–H groups in total. The maximum absolute atomic E-state index is 12.0. The lowest BCUT2D eigenvalue weighted by atomic mass is 9.84. The minimum Gasteiger partial charge on any atom is -0.466 e. The van der Waals surface area contributed by atoms with Crippen LogP contribution in [0.15, 0.2) is 46.7 Å². The average molecular weight is 349 g/mol. The van der Waals surface area contributed by atoms with Gasteiger partial charge in [-0.25, -0.2) is 4.79 Å². The fourth-order valence-electron chi connectivity index (χ4n) is 3.88. The highest BCUT2D eigenvalue weighted by molar-refractivity contribution is 5.89. The van der Waals surface area contributed by atoms with Crippen molar-refractivity contribution < 1.29 is 14.3 Å². The number of aliphatic imine (C=N–C) groups is 1. The second kappa shape index (κ2) is 6.94. The minimum atomic E-state index is -0.271. The number of allylic oxidation sites excluding steroid dienone is 2. The van der Waals surface area contributed by atoms with Crippen LogP contribution in [-0.2, 0) is 22.4 Å². The first-order valence-corrected chi connectivity index (χ1v) is 9.13. The number of carbonyl (C=O) groups excluding carboxylic acids is 1. The van der Waals surface area contributed by atoms with Gasteiger partial charge in [-0.15, -0.1) is 0 Å². The number of esters is 1. The second-order valence-corrected chi connectivity index (χ2v) is 7.15. The average Bonchev–Trinajstić information content (AvgIpc) is 2.93. The Hall–Kier alpha value is -2.62. The highest BCUT2D eigenvalue weighted by Crippen LogP contribution is 2.37. The van der Waals surface area contributed by atoms with Gasteiger partial charge in [0.15, 0.2) is 0 Å². The third kappa shape index (κ3) is 3.12. The third-order valence-electron chi connectivity index (χ3n) is 5.30. The zero-order valence-electron chi connectivity index (χ0n) is 15.2. The molecule has 4 rings (SSSR count). The normalized spacial score (nSPS) is 23.8. The lowest BCUT2D eigenvalue weighted by molar-refractivity contribution is -0.136. The quantitative estimate of drug-likeness (QED) is 0.757. The van der Waals surface area contributed by atoms with Crippen LogP contribution in [0.5, 0.6) is 5.75 Å². The summed E-state index contributed by atoms with van der Waals surface area (Å²) in [5.41, 5.74) is 5.68. The molecule has 1 aromatic carbocycles. The highest BCUT2D eigenvalue weighted by atomic mass is 16.5. The molecule has 134 valence electrons. The number of hydrogen-bond acceptors (Lipinski definition) is 4. The Bertz CT molecular complexity index is 860. The number of hydrogen-bond donors (Lipinski definition) is 0. The van der Waals surface area contributed by atoms with Crippen molar-refractivity contribution >= 4 is 18.3 Å². The molecule has 2 atom stereocenters. The molecule has 3 aliphatic rings. The van der Waals surface area contributed by atoms with Crippen molar-refractivity contribution in [2.24, 2.45) is 10.9 Å². The third-order valence-corrected chi connectivity index (χ3v) is 5.30. The lowest BCUT2D eigenvalue weighted by Crippen LogP contribution is -2.19. The number of carbonyl (C=O) groups is 1. The summed E-state index contributed by atoms with van der Waals surface area (Å²) in [6, 6.07) is 4.16. The van der Waals surface area contributed by atoms with Crippen LogP contribution in [-0.4, -0.2) is 25.3 Å². The summed E-state index contributed by atoms with van der Waals surface area (Å²) in [7, 11) is 1.42. The molecule has 2 unspecified atom stereocenters. The molecule has 0 aromatic heterocycles. The Morgan fingerprint density at radius 2 is 2.19 bits per heavy atom. The van der Waals surface area contributed by atoms with Gasteiger partial charge in [0.25, 0.3) is 0 Å². The second-order valence-electron chi connectivity index (χ2n) is 7.15. The lowest BCUT2D eigenvalue weighted by Gasteiger charge is -2.26. The van der Waals surface area contributed by atoms with Crippen molar-refractivity contribution in [1.82, 2.24) is 0 Å². The number of ether oxygens (including phenoxy) is 2. The number of benzene rings is 1. The monoisotopic (exact) mass is 349 g/mol. The SMILES string of the molecule is COC(=O)C1=CCC=NC(C2=COc3ccc4c(c3C2)C=CC(C)C4)C1. The van der Waals surface area contributed by atoms with Crippen molar-refractivity contribution in [2.75, 3.05) is 7.11 Å². The first-order valence-electron chi connectivity index (χ1n) is 9.13. The van der Waals surface area contributed by atoms with Crippen LogP contribution in [0, 0.1) is 5.92 Å². The van der Waals surface area contributed by atoms with Gasteiger partial charge in [0, 0.05) is 36.6 Å². The standard InChI is InChI=1S/C22H23NO3/c1-14-5-7-18-15(10-14)6-8-21-19(18)11-17(13-26-21)20-12-16(22(24)25-2)4-3-9-23-20/h4-9,13-14,20H,3,10-12H2,1-2H3. The van der Waals surface area contributed by atoms with E-state index in [1.807, 2.05) is 18.6 Å². The van der Waals surface area contributed by atoms with E-state index in [4.69, 9.17) is 9.47 Å². The maximum atomic E-state index is 12.0. The predicted molar refractivity (Wildman–Crippen MR) is 102 cm³/mol. The fraction of sp³-hybridized carbons (Fsp3) is 0.364. The molecule has 1 aromatic rings. The Morgan fingerprint density at radius 3 is 3.04 bits per heavy atom. The summed E-state index contributed by atoms with van der Waals surface area (Å²) in [5, 5.41) is 0. The van der Waals surface area contributed by atoms with Gasteiger partial charge in [-0.05, 0) is 35.1 Å². The molecule has 26 heavy (non-hydrogen) atoms. The number of nitrogens with zero attached hydrogens (tertiary/aromatic N) is 1. The van der Waals surface area contributed by atoms with E-state index >= 15 is 0 Å². The minimum absolute atomic E-state index is 0.0849. The van der Waals surface area contributed by atoms with Gasteiger partial charge < -0.3 is 9.47 Å². The van der Waals surface area contributed by atoms with E-state index in [2.05, 4.69) is 36.2 Å². The van der Waals surface area contributed by atoms with Crippen molar-refractivity contribution in [1.29, 1.82) is 0 Å². The highest BCUT2D eigenvalue weighted by Gasteiger charge is 2.26. The molecular formula is C22H23NO3. The fourth-order valence-corrected chi connectivity index (χ4v) is 3.88. The van der Waals surface area contributed by atoms with Crippen LogP contribution >= 0.6 is 0 Å². The molecule has 0 spiro atoms. The van der Waals surface area contributed by atoms with E-state index in [9.17, 15) is 4.79 Å². The van der Waals surface area contributed by atoms with Gasteiger partial charge in [-0.1, -0.05) is 31.2 Å². The number of fused-ring (bicyclic) bond motifs is 3. The van der Waals surface area contributed by atoms with Gasteiger partial charge in [-0.2, -0.15) is 0 Å². The molecular weight excluding hydrogens is 326 g/mol. The summed E-state index contributed by atoms with van der Waals surface area (Å²) >= 11 is 0. The Balaban J connectivity index is 1.61. The van der Waals surface area contributed by atoms with Gasteiger partial charge in [0.2, 0.25) is 0 Å². The number of methoxy groups -OCH3 is 1. The van der Waals surface area contributed by atoms with Crippen molar-refractivity contribution in [3.05, 3.63) is 58.4 Å². The van der Waals surface area contributed by atoms with Crippen molar-refractivity contribution in [3.63, 3.8) is 0 Å². The van der Waals surface area contributed by atoms with Crippen LogP contribution in [0.3, 0.4) is 0 Å². The predicted octanol–water partition coefficient (Wildman–Crippen LogP) is 4.04. The van der Waals surface area contributed by atoms with Gasteiger partial charge in [-0.3, -0.25) is 4.99 Å². The van der Waals surface area contributed by atoms with E-state index < -0.39 is 0 Å². The van der Waals surface area contributed by atoms with Crippen LogP contribution < -0.4 is 4.74 Å². The molecule has 0 radical (unpaired) electrons. The summed E-state index contributed by atoms with van der Waals surface area (Å²) in [6.45, 7) is 2.24. The molecule has 4 nitrogen and oxygen atoms in total. The van der Waals surface area contributed by atoms with Gasteiger partial charge in [0.1, 0.15) is 5.75 Å². The molecule has 1 aliphatic carbocycles. The summed E-state index contributed by atoms with van der Waals surface area (Å²) in [4.78, 5) is 16.6. The van der Waals surface area contributed by atoms with Crippen molar-refractivity contribution in [2.45, 2.75) is 38.6 Å². The Labute approximate surface area is 153 Å². The first kappa shape index (κ1) is 16.8. The van der Waals surface area contributed by atoms with Crippen LogP contribution in [0.25, 0.3) is 6.08 Å². The Kier molecular flexibility index (Phi) is 4.49. The van der Waals surface area contributed by atoms with Gasteiger partial charge in [0.05, 0.1) is 19.4 Å². The topological polar surface area (TPSA) is 47.9 Å². The van der Waals surface area contributed by atoms with E-state index in [0.29, 0.717) is 24.3 Å². The first-order chi connectivity index (χ1) is 12.7. The molecule has 2 heterocycles. The van der Waals surface area contributed by atoms with E-state index in [1.54, 1.807) is 0 Å². The van der Waals surface area contributed by atoms with Crippen LogP contribution in [0.2, 0.25) is 0 Å². The van der Waals surface area contributed by atoms with E-state index in [0.717, 1.165) is 24.2 Å². The van der Waals surface area contributed by atoms with Crippen LogP contribution in [0.1, 0.15) is 36.5 Å². The van der Waals surface area contributed by atoms with Crippen LogP contribution in [0.4, 0.5) is 0 Å². The zero-order chi connectivity index (χ0) is 18.1. The largest absolute Gasteiger partial charge is 0.466 e. The smallest absolute Gasteiger partial charge is 0.333 e. The van der Waals surface area contributed by atoms with Gasteiger partial charge >= 0.3 is 5.97 Å². The Morgan fingerprint density at radius 1 is 1.31 bits per heavy atom. The molecule has 4 heteroatoms. The maximum Gasteiger partial charge on any atom is 0.333 e.